The van der Waals surface area contributed by atoms with Crippen molar-refractivity contribution < 1.29 is 9.53 Å². The van der Waals surface area contributed by atoms with Crippen LogP contribution in [0.4, 0.5) is 17.3 Å². The lowest BCUT2D eigenvalue weighted by atomic mass is 10.1. The summed E-state index contributed by atoms with van der Waals surface area (Å²) in [5.74, 6) is 2.31. The average molecular weight is 374 g/mol. The summed E-state index contributed by atoms with van der Waals surface area (Å²) < 4.78 is 5.46. The third-order valence-electron chi connectivity index (χ3n) is 4.64. The van der Waals surface area contributed by atoms with E-state index >= 15 is 0 Å². The van der Waals surface area contributed by atoms with Crippen LogP contribution >= 0.6 is 0 Å². The van der Waals surface area contributed by atoms with Crippen LogP contribution in [0.25, 0.3) is 11.4 Å². The number of hydrogen-bond donors (Lipinski definition) is 1. The van der Waals surface area contributed by atoms with E-state index in [1.165, 1.54) is 0 Å². The van der Waals surface area contributed by atoms with E-state index in [2.05, 4.69) is 10.2 Å². The molecule has 6 heteroatoms. The first-order valence-electron chi connectivity index (χ1n) is 9.34. The topological polar surface area (TPSA) is 67.4 Å². The minimum Gasteiger partial charge on any atom is -0.378 e. The van der Waals surface area contributed by atoms with E-state index in [0.717, 1.165) is 30.2 Å². The van der Waals surface area contributed by atoms with Crippen molar-refractivity contribution >= 4 is 23.1 Å². The number of ether oxygens (including phenoxy) is 1. The number of nitrogens with zero attached hydrogens (tertiary/aromatic N) is 3. The van der Waals surface area contributed by atoms with Crippen LogP contribution in [-0.2, 0) is 4.74 Å². The lowest BCUT2D eigenvalue weighted by Crippen LogP contribution is -2.36. The predicted molar refractivity (Wildman–Crippen MR) is 110 cm³/mol. The van der Waals surface area contributed by atoms with Gasteiger partial charge in [0.15, 0.2) is 11.6 Å². The summed E-state index contributed by atoms with van der Waals surface area (Å²) in [5, 5.41) is 3.34. The molecule has 0 spiro atoms. The Bertz CT molecular complexity index is 952. The van der Waals surface area contributed by atoms with Crippen LogP contribution in [0.3, 0.4) is 0 Å². The first-order chi connectivity index (χ1) is 13.7. The van der Waals surface area contributed by atoms with E-state index < -0.39 is 0 Å². The SMILES string of the molecule is CC(=O)c1ccc(Nc2cc(N3CCOCC3)nc(-c3ccccc3)n2)cc1. The van der Waals surface area contributed by atoms with Gasteiger partial charge in [-0.15, -0.1) is 0 Å². The zero-order valence-corrected chi connectivity index (χ0v) is 15.8. The fourth-order valence-electron chi connectivity index (χ4n) is 3.11. The molecule has 1 aromatic heterocycles. The Labute approximate surface area is 164 Å². The monoisotopic (exact) mass is 374 g/mol. The third kappa shape index (κ3) is 4.18. The molecule has 0 bridgehead atoms. The van der Waals surface area contributed by atoms with E-state index in [-0.39, 0.29) is 5.78 Å². The number of Topliss-reactive ketones (excluding diaryl/α,β-unsaturated/α-hetero) is 1. The van der Waals surface area contributed by atoms with Crippen molar-refractivity contribution in [1.29, 1.82) is 0 Å². The van der Waals surface area contributed by atoms with Crippen molar-refractivity contribution in [3.05, 3.63) is 66.2 Å². The van der Waals surface area contributed by atoms with Crippen LogP contribution in [-0.4, -0.2) is 42.1 Å². The number of nitrogens with one attached hydrogen (secondary N) is 1. The van der Waals surface area contributed by atoms with Crippen LogP contribution in [0, 0.1) is 0 Å². The molecule has 142 valence electrons. The molecule has 3 aromatic rings. The molecule has 6 nitrogen and oxygen atoms in total. The Balaban J connectivity index is 1.67. The molecule has 1 fully saturated rings. The molecule has 1 N–H and O–H groups in total. The predicted octanol–water partition coefficient (Wildman–Crippen LogP) is 3.93. The van der Waals surface area contributed by atoms with Gasteiger partial charge in [-0.05, 0) is 31.2 Å². The molecule has 1 saturated heterocycles. The van der Waals surface area contributed by atoms with Crippen LogP contribution in [0.15, 0.2) is 60.7 Å². The number of carbonyl (C=O) groups excluding carboxylic acids is 1. The highest BCUT2D eigenvalue weighted by atomic mass is 16.5. The second-order valence-corrected chi connectivity index (χ2v) is 6.66. The number of hydrogen-bond acceptors (Lipinski definition) is 6. The van der Waals surface area contributed by atoms with E-state index in [0.29, 0.717) is 30.4 Å². The molecule has 2 aromatic carbocycles. The van der Waals surface area contributed by atoms with E-state index in [9.17, 15) is 4.79 Å². The highest BCUT2D eigenvalue weighted by molar-refractivity contribution is 5.94. The van der Waals surface area contributed by atoms with Gasteiger partial charge in [0.25, 0.3) is 0 Å². The van der Waals surface area contributed by atoms with Crippen molar-refractivity contribution in [3.8, 4) is 11.4 Å². The van der Waals surface area contributed by atoms with Gasteiger partial charge in [0.1, 0.15) is 11.6 Å². The van der Waals surface area contributed by atoms with Gasteiger partial charge in [-0.2, -0.15) is 0 Å². The highest BCUT2D eigenvalue weighted by Crippen LogP contribution is 2.25. The number of benzene rings is 2. The van der Waals surface area contributed by atoms with E-state index in [4.69, 9.17) is 14.7 Å². The van der Waals surface area contributed by atoms with Gasteiger partial charge in [-0.25, -0.2) is 9.97 Å². The number of anilines is 3. The van der Waals surface area contributed by atoms with Crippen LogP contribution in [0.1, 0.15) is 17.3 Å². The summed E-state index contributed by atoms with van der Waals surface area (Å²) in [4.78, 5) is 23.2. The molecule has 2 heterocycles. The number of rotatable bonds is 5. The average Bonchev–Trinajstić information content (AvgIpc) is 2.75. The molecule has 0 amide bonds. The molecule has 0 aliphatic carbocycles. The summed E-state index contributed by atoms with van der Waals surface area (Å²) in [7, 11) is 0. The number of ketones is 1. The van der Waals surface area contributed by atoms with E-state index in [1.807, 2.05) is 60.7 Å². The quantitative estimate of drug-likeness (QED) is 0.683. The van der Waals surface area contributed by atoms with Crippen LogP contribution < -0.4 is 10.2 Å². The third-order valence-corrected chi connectivity index (χ3v) is 4.64. The zero-order chi connectivity index (χ0) is 19.3. The van der Waals surface area contributed by atoms with Gasteiger partial charge >= 0.3 is 0 Å². The molecule has 0 radical (unpaired) electrons. The van der Waals surface area contributed by atoms with Crippen LogP contribution in [0.2, 0.25) is 0 Å². The van der Waals surface area contributed by atoms with Crippen LogP contribution in [0.5, 0.6) is 0 Å². The van der Waals surface area contributed by atoms with Crippen molar-refractivity contribution in [2.45, 2.75) is 6.92 Å². The summed E-state index contributed by atoms with van der Waals surface area (Å²) >= 11 is 0. The second-order valence-electron chi connectivity index (χ2n) is 6.66. The van der Waals surface area contributed by atoms with Crippen molar-refractivity contribution in [2.75, 3.05) is 36.5 Å². The molecule has 4 rings (SSSR count). The second kappa shape index (κ2) is 8.19. The first kappa shape index (κ1) is 18.1. The van der Waals surface area contributed by atoms with E-state index in [1.54, 1.807) is 6.92 Å². The summed E-state index contributed by atoms with van der Waals surface area (Å²) in [6.07, 6.45) is 0. The molecular weight excluding hydrogens is 352 g/mol. The largest absolute Gasteiger partial charge is 0.378 e. The molecule has 1 aliphatic rings. The Kier molecular flexibility index (Phi) is 5.30. The van der Waals surface area contributed by atoms with Gasteiger partial charge in [0, 0.05) is 36.0 Å². The van der Waals surface area contributed by atoms with Crippen molar-refractivity contribution in [1.82, 2.24) is 9.97 Å². The summed E-state index contributed by atoms with van der Waals surface area (Å²) in [6.45, 7) is 4.56. The molecular formula is C22H22N4O2. The molecule has 0 unspecified atom stereocenters. The molecule has 0 saturated carbocycles. The molecule has 1 aliphatic heterocycles. The van der Waals surface area contributed by atoms with Gasteiger partial charge in [-0.3, -0.25) is 4.79 Å². The maximum absolute atomic E-state index is 11.5. The van der Waals surface area contributed by atoms with Crippen molar-refractivity contribution in [2.24, 2.45) is 0 Å². The lowest BCUT2D eigenvalue weighted by molar-refractivity contribution is 0.101. The van der Waals surface area contributed by atoms with Gasteiger partial charge in [0.05, 0.1) is 13.2 Å². The fourth-order valence-corrected chi connectivity index (χ4v) is 3.11. The van der Waals surface area contributed by atoms with Gasteiger partial charge < -0.3 is 15.0 Å². The first-order valence-corrected chi connectivity index (χ1v) is 9.34. The fraction of sp³-hybridized carbons (Fsp3) is 0.227. The standard InChI is InChI=1S/C22H22N4O2/c1-16(27)17-7-9-19(10-8-17)23-20-15-21(26-11-13-28-14-12-26)25-22(24-20)18-5-3-2-4-6-18/h2-10,15H,11-14H2,1H3,(H,23,24,25). The molecule has 0 atom stereocenters. The lowest BCUT2D eigenvalue weighted by Gasteiger charge is -2.28. The Morgan fingerprint density at radius 2 is 1.71 bits per heavy atom. The Hall–Kier alpha value is -3.25. The Morgan fingerprint density at radius 1 is 1.00 bits per heavy atom. The smallest absolute Gasteiger partial charge is 0.163 e. The Morgan fingerprint density at radius 3 is 2.39 bits per heavy atom. The van der Waals surface area contributed by atoms with Gasteiger partial charge in [-0.1, -0.05) is 30.3 Å². The minimum absolute atomic E-state index is 0.0505. The van der Waals surface area contributed by atoms with Gasteiger partial charge in [0.2, 0.25) is 0 Å². The zero-order valence-electron chi connectivity index (χ0n) is 15.8. The normalized spacial score (nSPS) is 14.0. The highest BCUT2D eigenvalue weighted by Gasteiger charge is 2.16. The molecule has 28 heavy (non-hydrogen) atoms. The number of morpholine rings is 1. The maximum atomic E-state index is 11.5. The minimum atomic E-state index is 0.0505. The number of carbonyl (C=O) groups is 1. The number of aromatic nitrogens is 2. The summed E-state index contributed by atoms with van der Waals surface area (Å²) in [5.41, 5.74) is 2.52. The maximum Gasteiger partial charge on any atom is 0.163 e. The van der Waals surface area contributed by atoms with Crippen molar-refractivity contribution in [3.63, 3.8) is 0 Å². The summed E-state index contributed by atoms with van der Waals surface area (Å²) in [6, 6.07) is 19.3.